The Hall–Kier alpha value is -2.04. The molecule has 2 aliphatic heterocycles. The molecule has 2 aliphatic rings. The van der Waals surface area contributed by atoms with Crippen molar-refractivity contribution >= 4 is 12.0 Å². The van der Waals surface area contributed by atoms with Gasteiger partial charge in [-0.2, -0.15) is 0 Å². The van der Waals surface area contributed by atoms with Crippen molar-refractivity contribution in [3.63, 3.8) is 0 Å². The first-order valence-corrected chi connectivity index (χ1v) is 7.02. The number of hydrogen-bond donors (Lipinski definition) is 0. The zero-order valence-corrected chi connectivity index (χ0v) is 11.3. The minimum absolute atomic E-state index is 0.0687. The van der Waals surface area contributed by atoms with Crippen LogP contribution in [0.2, 0.25) is 0 Å². The van der Waals surface area contributed by atoms with E-state index in [1.807, 2.05) is 30.3 Å². The smallest absolute Gasteiger partial charge is 0.410 e. The van der Waals surface area contributed by atoms with Gasteiger partial charge in [0.25, 0.3) is 0 Å². The Balaban J connectivity index is 1.57. The number of carbonyl (C=O) groups is 2. The highest BCUT2D eigenvalue weighted by Gasteiger charge is 2.40. The van der Waals surface area contributed by atoms with E-state index in [2.05, 4.69) is 0 Å². The van der Waals surface area contributed by atoms with Crippen LogP contribution in [0.1, 0.15) is 18.4 Å². The van der Waals surface area contributed by atoms with Crippen molar-refractivity contribution < 1.29 is 14.3 Å². The Morgan fingerprint density at radius 1 is 1.15 bits per heavy atom. The molecule has 1 atom stereocenters. The molecule has 2 amide bonds. The molecule has 1 unspecified atom stereocenters. The van der Waals surface area contributed by atoms with Crippen LogP contribution in [0, 0.1) is 0 Å². The molecule has 5 nitrogen and oxygen atoms in total. The summed E-state index contributed by atoms with van der Waals surface area (Å²) in [6, 6.07) is 9.24. The number of carbonyl (C=O) groups excluding carboxylic acids is 2. The average Bonchev–Trinajstić information content (AvgIpc) is 3.22. The second-order valence-corrected chi connectivity index (χ2v) is 5.22. The third-order valence-corrected chi connectivity index (χ3v) is 3.74. The van der Waals surface area contributed by atoms with Gasteiger partial charge in [0, 0.05) is 19.6 Å². The molecule has 3 rings (SSSR count). The summed E-state index contributed by atoms with van der Waals surface area (Å²) in [6.45, 7) is 2.50. The lowest BCUT2D eigenvalue weighted by Crippen LogP contribution is -2.43. The Morgan fingerprint density at radius 2 is 1.90 bits per heavy atom. The summed E-state index contributed by atoms with van der Waals surface area (Å²) < 4.78 is 5.31. The van der Waals surface area contributed by atoms with E-state index in [9.17, 15) is 9.59 Å². The first-order valence-electron chi connectivity index (χ1n) is 7.02. The second kappa shape index (κ2) is 5.53. The first kappa shape index (κ1) is 13.0. The number of hydrogen-bond acceptors (Lipinski definition) is 3. The Labute approximate surface area is 118 Å². The molecular formula is C15H18N2O3. The fourth-order valence-corrected chi connectivity index (χ4v) is 2.53. The molecule has 0 spiro atoms. The molecule has 2 fully saturated rings. The summed E-state index contributed by atoms with van der Waals surface area (Å²) in [7, 11) is 0. The predicted octanol–water partition coefficient (Wildman–Crippen LogP) is 1.63. The van der Waals surface area contributed by atoms with Gasteiger partial charge >= 0.3 is 6.09 Å². The molecule has 5 heteroatoms. The van der Waals surface area contributed by atoms with Crippen molar-refractivity contribution in [3.8, 4) is 0 Å². The molecule has 0 aromatic heterocycles. The number of likely N-dealkylation sites (tertiary alicyclic amines) is 1. The van der Waals surface area contributed by atoms with E-state index in [1.54, 1.807) is 9.80 Å². The summed E-state index contributed by atoms with van der Waals surface area (Å²) >= 11 is 0. The maximum Gasteiger partial charge on any atom is 0.410 e. The fourth-order valence-electron chi connectivity index (χ4n) is 2.53. The highest BCUT2D eigenvalue weighted by atomic mass is 16.6. The fraction of sp³-hybridized carbons (Fsp3) is 0.467. The third kappa shape index (κ3) is 2.76. The summed E-state index contributed by atoms with van der Waals surface area (Å²) in [5, 5.41) is 0. The van der Waals surface area contributed by atoms with Gasteiger partial charge in [-0.1, -0.05) is 30.3 Å². The summed E-state index contributed by atoms with van der Waals surface area (Å²) in [5.74, 6) is 0.0687. The van der Waals surface area contributed by atoms with E-state index in [1.165, 1.54) is 0 Å². The molecule has 1 aromatic carbocycles. The second-order valence-electron chi connectivity index (χ2n) is 5.22. The van der Waals surface area contributed by atoms with E-state index in [-0.39, 0.29) is 24.6 Å². The van der Waals surface area contributed by atoms with Crippen LogP contribution in [-0.4, -0.2) is 47.5 Å². The Bertz CT molecular complexity index is 499. The molecule has 1 aromatic rings. The standard InChI is InChI=1S/C15H18N2O3/c18-14(16-9-10-16)13-7-4-8-17(13)15(19)20-11-12-5-2-1-3-6-12/h1-3,5-6,13H,4,7-11H2. The van der Waals surface area contributed by atoms with Crippen LogP contribution in [0.5, 0.6) is 0 Å². The van der Waals surface area contributed by atoms with Gasteiger partial charge in [-0.15, -0.1) is 0 Å². The van der Waals surface area contributed by atoms with Gasteiger partial charge in [0.1, 0.15) is 12.6 Å². The van der Waals surface area contributed by atoms with Crippen LogP contribution in [0.3, 0.4) is 0 Å². The quantitative estimate of drug-likeness (QED) is 0.787. The molecule has 0 radical (unpaired) electrons. The van der Waals surface area contributed by atoms with Gasteiger partial charge < -0.3 is 9.64 Å². The van der Waals surface area contributed by atoms with Crippen LogP contribution >= 0.6 is 0 Å². The maximum atomic E-state index is 12.1. The van der Waals surface area contributed by atoms with Crippen molar-refractivity contribution in [2.24, 2.45) is 0 Å². The lowest BCUT2D eigenvalue weighted by Gasteiger charge is -2.23. The van der Waals surface area contributed by atoms with Crippen LogP contribution in [-0.2, 0) is 16.1 Å². The van der Waals surface area contributed by atoms with Crippen LogP contribution < -0.4 is 0 Å². The van der Waals surface area contributed by atoms with Crippen molar-refractivity contribution in [2.75, 3.05) is 19.6 Å². The Morgan fingerprint density at radius 3 is 2.60 bits per heavy atom. The monoisotopic (exact) mass is 274 g/mol. The normalized spacial score (nSPS) is 20.9. The topological polar surface area (TPSA) is 49.6 Å². The molecule has 2 saturated heterocycles. The first-order chi connectivity index (χ1) is 9.75. The number of rotatable bonds is 3. The van der Waals surface area contributed by atoms with Crippen molar-refractivity contribution in [3.05, 3.63) is 35.9 Å². The maximum absolute atomic E-state index is 12.1. The molecule has 0 saturated carbocycles. The summed E-state index contributed by atoms with van der Waals surface area (Å²) in [4.78, 5) is 27.5. The minimum Gasteiger partial charge on any atom is -0.445 e. The molecule has 0 bridgehead atoms. The highest BCUT2D eigenvalue weighted by molar-refractivity contribution is 5.87. The third-order valence-electron chi connectivity index (χ3n) is 3.74. The molecule has 0 aliphatic carbocycles. The van der Waals surface area contributed by atoms with Crippen LogP contribution in [0.25, 0.3) is 0 Å². The van der Waals surface area contributed by atoms with E-state index in [4.69, 9.17) is 4.74 Å². The van der Waals surface area contributed by atoms with Crippen molar-refractivity contribution in [1.29, 1.82) is 0 Å². The van der Waals surface area contributed by atoms with Gasteiger partial charge in [-0.3, -0.25) is 9.69 Å². The van der Waals surface area contributed by atoms with Gasteiger partial charge in [0.05, 0.1) is 0 Å². The lowest BCUT2D eigenvalue weighted by atomic mass is 10.2. The van der Waals surface area contributed by atoms with Crippen LogP contribution in [0.4, 0.5) is 4.79 Å². The van der Waals surface area contributed by atoms with Gasteiger partial charge in [-0.25, -0.2) is 4.79 Å². The Kier molecular flexibility index (Phi) is 3.58. The van der Waals surface area contributed by atoms with E-state index in [0.29, 0.717) is 6.54 Å². The minimum atomic E-state index is -0.383. The predicted molar refractivity (Wildman–Crippen MR) is 72.9 cm³/mol. The van der Waals surface area contributed by atoms with E-state index in [0.717, 1.165) is 31.5 Å². The van der Waals surface area contributed by atoms with E-state index >= 15 is 0 Å². The lowest BCUT2D eigenvalue weighted by molar-refractivity contribution is -0.129. The summed E-state index contributed by atoms with van der Waals surface area (Å²) in [5.41, 5.74) is 0.953. The number of ether oxygens (including phenoxy) is 1. The van der Waals surface area contributed by atoms with Crippen molar-refractivity contribution in [1.82, 2.24) is 9.80 Å². The zero-order valence-electron chi connectivity index (χ0n) is 11.3. The zero-order chi connectivity index (χ0) is 13.9. The summed E-state index contributed by atoms with van der Waals surface area (Å²) in [6.07, 6.45) is 1.23. The molecule has 20 heavy (non-hydrogen) atoms. The van der Waals surface area contributed by atoms with Gasteiger partial charge in [-0.05, 0) is 18.4 Å². The molecule has 106 valence electrons. The highest BCUT2D eigenvalue weighted by Crippen LogP contribution is 2.23. The van der Waals surface area contributed by atoms with E-state index < -0.39 is 0 Å². The van der Waals surface area contributed by atoms with Gasteiger partial charge in [0.2, 0.25) is 5.91 Å². The average molecular weight is 274 g/mol. The number of amides is 2. The molecule has 0 N–H and O–H groups in total. The largest absolute Gasteiger partial charge is 0.445 e. The number of nitrogens with zero attached hydrogens (tertiary/aromatic N) is 2. The number of benzene rings is 1. The molecular weight excluding hydrogens is 256 g/mol. The van der Waals surface area contributed by atoms with Gasteiger partial charge in [0.15, 0.2) is 0 Å². The van der Waals surface area contributed by atoms with Crippen LogP contribution in [0.15, 0.2) is 30.3 Å². The SMILES string of the molecule is O=C(C1CCCN1C(=O)OCc1ccccc1)N1CC1. The van der Waals surface area contributed by atoms with Crippen molar-refractivity contribution in [2.45, 2.75) is 25.5 Å². The molecule has 2 heterocycles.